The summed E-state index contributed by atoms with van der Waals surface area (Å²) in [5.41, 5.74) is 1.29. The molecule has 0 N–H and O–H groups in total. The average molecular weight is 283 g/mol. The number of rotatable bonds is 5. The molecule has 110 valence electrons. The van der Waals surface area contributed by atoms with Crippen LogP contribution >= 0.6 is 0 Å². The lowest BCUT2D eigenvalue weighted by atomic mass is 9.97. The molecule has 1 saturated heterocycles. The second-order valence-electron chi connectivity index (χ2n) is 5.56. The van der Waals surface area contributed by atoms with Crippen LogP contribution < -0.4 is 4.74 Å². The van der Waals surface area contributed by atoms with Gasteiger partial charge in [-0.2, -0.15) is 0 Å². The van der Waals surface area contributed by atoms with Crippen molar-refractivity contribution in [3.05, 3.63) is 54.5 Å². The zero-order valence-electron chi connectivity index (χ0n) is 12.2. The standard InChI is InChI=1S/C17H21N3O/c1-2-9-19-17(5-1)21-14-15-6-10-20(11-7-15)13-16-4-3-8-18-12-16/h1-5,8-9,12,15H,6-7,10-11,13-14H2. The maximum Gasteiger partial charge on any atom is 0.213 e. The Morgan fingerprint density at radius 3 is 2.71 bits per heavy atom. The van der Waals surface area contributed by atoms with Gasteiger partial charge in [0, 0.05) is 31.2 Å². The van der Waals surface area contributed by atoms with Crippen LogP contribution in [0.4, 0.5) is 0 Å². The van der Waals surface area contributed by atoms with Gasteiger partial charge in [-0.1, -0.05) is 12.1 Å². The molecule has 4 heteroatoms. The van der Waals surface area contributed by atoms with E-state index in [4.69, 9.17) is 4.74 Å². The molecular formula is C17H21N3O. The van der Waals surface area contributed by atoms with Crippen LogP contribution in [0, 0.1) is 5.92 Å². The monoisotopic (exact) mass is 283 g/mol. The van der Waals surface area contributed by atoms with Crippen LogP contribution in [0.5, 0.6) is 5.88 Å². The summed E-state index contributed by atoms with van der Waals surface area (Å²) in [6.07, 6.45) is 7.92. The third-order valence-corrected chi connectivity index (χ3v) is 3.94. The summed E-state index contributed by atoms with van der Waals surface area (Å²) in [7, 11) is 0. The molecule has 0 atom stereocenters. The predicted octanol–water partition coefficient (Wildman–Crippen LogP) is 2.77. The normalized spacial score (nSPS) is 16.8. The summed E-state index contributed by atoms with van der Waals surface area (Å²) in [4.78, 5) is 10.9. The number of pyridine rings is 2. The van der Waals surface area contributed by atoms with Crippen molar-refractivity contribution in [3.8, 4) is 5.88 Å². The minimum atomic E-state index is 0.636. The molecule has 0 unspecified atom stereocenters. The Hall–Kier alpha value is -1.94. The van der Waals surface area contributed by atoms with Gasteiger partial charge in [0.25, 0.3) is 0 Å². The molecule has 4 nitrogen and oxygen atoms in total. The Morgan fingerprint density at radius 2 is 2.00 bits per heavy atom. The van der Waals surface area contributed by atoms with Gasteiger partial charge in [0.05, 0.1) is 6.61 Å². The van der Waals surface area contributed by atoms with E-state index in [0.29, 0.717) is 5.92 Å². The minimum absolute atomic E-state index is 0.636. The highest BCUT2D eigenvalue weighted by atomic mass is 16.5. The van der Waals surface area contributed by atoms with E-state index in [2.05, 4.69) is 20.9 Å². The summed E-state index contributed by atoms with van der Waals surface area (Å²) in [6.45, 7) is 4.04. The third kappa shape index (κ3) is 4.26. The number of ether oxygens (including phenoxy) is 1. The summed E-state index contributed by atoms with van der Waals surface area (Å²) in [5, 5.41) is 0. The molecule has 2 aromatic heterocycles. The molecule has 3 heterocycles. The van der Waals surface area contributed by atoms with Crippen molar-refractivity contribution >= 4 is 0 Å². The molecule has 1 fully saturated rings. The second kappa shape index (κ2) is 7.18. The first kappa shape index (κ1) is 14.0. The molecule has 0 bridgehead atoms. The SMILES string of the molecule is c1ccc(OCC2CCN(Cc3cccnc3)CC2)nc1. The molecule has 1 aliphatic rings. The van der Waals surface area contributed by atoms with Gasteiger partial charge in [0.15, 0.2) is 0 Å². The van der Waals surface area contributed by atoms with E-state index in [1.165, 1.54) is 18.4 Å². The van der Waals surface area contributed by atoms with Crippen LogP contribution in [0.15, 0.2) is 48.9 Å². The van der Waals surface area contributed by atoms with Crippen LogP contribution in [0.3, 0.4) is 0 Å². The predicted molar refractivity (Wildman–Crippen MR) is 82.0 cm³/mol. The van der Waals surface area contributed by atoms with Crippen molar-refractivity contribution in [2.75, 3.05) is 19.7 Å². The lowest BCUT2D eigenvalue weighted by Gasteiger charge is -2.31. The maximum absolute atomic E-state index is 5.76. The maximum atomic E-state index is 5.76. The Bertz CT molecular complexity index is 524. The number of hydrogen-bond acceptors (Lipinski definition) is 4. The molecule has 0 aromatic carbocycles. The van der Waals surface area contributed by atoms with Crippen LogP contribution in [-0.4, -0.2) is 34.6 Å². The summed E-state index contributed by atoms with van der Waals surface area (Å²) >= 11 is 0. The molecule has 3 rings (SSSR count). The molecule has 0 saturated carbocycles. The Morgan fingerprint density at radius 1 is 1.10 bits per heavy atom. The highest BCUT2D eigenvalue weighted by Crippen LogP contribution is 2.19. The van der Waals surface area contributed by atoms with E-state index in [1.54, 1.807) is 6.20 Å². The zero-order valence-corrected chi connectivity index (χ0v) is 12.2. The summed E-state index contributed by atoms with van der Waals surface area (Å²) in [5.74, 6) is 1.37. The van der Waals surface area contributed by atoms with Gasteiger partial charge in [-0.05, 0) is 49.5 Å². The number of likely N-dealkylation sites (tertiary alicyclic amines) is 1. The van der Waals surface area contributed by atoms with Gasteiger partial charge < -0.3 is 4.74 Å². The van der Waals surface area contributed by atoms with Crippen molar-refractivity contribution in [1.29, 1.82) is 0 Å². The first-order valence-electron chi connectivity index (χ1n) is 7.55. The molecule has 0 amide bonds. The van der Waals surface area contributed by atoms with Crippen molar-refractivity contribution < 1.29 is 4.74 Å². The fourth-order valence-corrected chi connectivity index (χ4v) is 2.70. The minimum Gasteiger partial charge on any atom is -0.477 e. The van der Waals surface area contributed by atoms with Gasteiger partial charge in [-0.15, -0.1) is 0 Å². The molecule has 2 aromatic rings. The Balaban J connectivity index is 1.41. The Labute approximate surface area is 125 Å². The van der Waals surface area contributed by atoms with Crippen LogP contribution in [0.25, 0.3) is 0 Å². The highest BCUT2D eigenvalue weighted by Gasteiger charge is 2.19. The smallest absolute Gasteiger partial charge is 0.213 e. The van der Waals surface area contributed by atoms with Crippen molar-refractivity contribution in [1.82, 2.24) is 14.9 Å². The average Bonchev–Trinajstić information content (AvgIpc) is 2.56. The van der Waals surface area contributed by atoms with E-state index in [1.807, 2.05) is 36.7 Å². The fraction of sp³-hybridized carbons (Fsp3) is 0.412. The lowest BCUT2D eigenvalue weighted by molar-refractivity contribution is 0.134. The van der Waals surface area contributed by atoms with Gasteiger partial charge in [0.2, 0.25) is 5.88 Å². The molecule has 0 spiro atoms. The number of hydrogen-bond donors (Lipinski definition) is 0. The van der Waals surface area contributed by atoms with Gasteiger partial charge in [-0.3, -0.25) is 9.88 Å². The second-order valence-corrected chi connectivity index (χ2v) is 5.56. The summed E-state index contributed by atoms with van der Waals surface area (Å²) in [6, 6.07) is 9.92. The van der Waals surface area contributed by atoms with Crippen LogP contribution in [0.1, 0.15) is 18.4 Å². The van der Waals surface area contributed by atoms with Gasteiger partial charge >= 0.3 is 0 Å². The summed E-state index contributed by atoms with van der Waals surface area (Å²) < 4.78 is 5.76. The van der Waals surface area contributed by atoms with E-state index in [9.17, 15) is 0 Å². The Kier molecular flexibility index (Phi) is 4.79. The molecule has 0 aliphatic carbocycles. The first-order valence-corrected chi connectivity index (χ1v) is 7.55. The van der Waals surface area contributed by atoms with E-state index < -0.39 is 0 Å². The highest BCUT2D eigenvalue weighted by molar-refractivity contribution is 5.09. The lowest BCUT2D eigenvalue weighted by Crippen LogP contribution is -2.35. The van der Waals surface area contributed by atoms with Gasteiger partial charge in [0.1, 0.15) is 0 Å². The molecule has 1 aliphatic heterocycles. The van der Waals surface area contributed by atoms with Gasteiger partial charge in [-0.25, -0.2) is 4.98 Å². The van der Waals surface area contributed by atoms with E-state index >= 15 is 0 Å². The first-order chi connectivity index (χ1) is 10.4. The largest absolute Gasteiger partial charge is 0.477 e. The van der Waals surface area contributed by atoms with E-state index in [0.717, 1.165) is 32.1 Å². The number of nitrogens with zero attached hydrogens (tertiary/aromatic N) is 3. The van der Waals surface area contributed by atoms with Crippen molar-refractivity contribution in [2.24, 2.45) is 5.92 Å². The van der Waals surface area contributed by atoms with Crippen LogP contribution in [0.2, 0.25) is 0 Å². The number of piperidine rings is 1. The number of aromatic nitrogens is 2. The van der Waals surface area contributed by atoms with Crippen molar-refractivity contribution in [3.63, 3.8) is 0 Å². The van der Waals surface area contributed by atoms with Crippen molar-refractivity contribution in [2.45, 2.75) is 19.4 Å². The van der Waals surface area contributed by atoms with E-state index in [-0.39, 0.29) is 0 Å². The molecule has 0 radical (unpaired) electrons. The topological polar surface area (TPSA) is 38.2 Å². The molecule has 21 heavy (non-hydrogen) atoms. The zero-order chi connectivity index (χ0) is 14.3. The van der Waals surface area contributed by atoms with Crippen LogP contribution in [-0.2, 0) is 6.54 Å². The third-order valence-electron chi connectivity index (χ3n) is 3.94. The quantitative estimate of drug-likeness (QED) is 0.845. The molecular weight excluding hydrogens is 262 g/mol. The fourth-order valence-electron chi connectivity index (χ4n) is 2.70.